The van der Waals surface area contributed by atoms with Crippen LogP contribution in [-0.2, 0) is 7.05 Å². The molecule has 0 spiro atoms. The van der Waals surface area contributed by atoms with Gasteiger partial charge in [0.25, 0.3) is 0 Å². The minimum absolute atomic E-state index is 0.0455. The van der Waals surface area contributed by atoms with Gasteiger partial charge in [-0.25, -0.2) is 0 Å². The third kappa shape index (κ3) is 2.34. The summed E-state index contributed by atoms with van der Waals surface area (Å²) < 4.78 is 1.99. The van der Waals surface area contributed by atoms with E-state index in [1.165, 1.54) is 0 Å². The number of hydrogen-bond donors (Lipinski definition) is 0. The second-order valence-electron chi connectivity index (χ2n) is 4.97. The molecule has 3 aromatic rings. The summed E-state index contributed by atoms with van der Waals surface area (Å²) in [5.41, 5.74) is 3.45. The van der Waals surface area contributed by atoms with Gasteiger partial charge in [-0.3, -0.25) is 4.79 Å². The lowest BCUT2D eigenvalue weighted by atomic mass is 10.1. The Morgan fingerprint density at radius 2 is 1.62 bits per heavy atom. The van der Waals surface area contributed by atoms with E-state index in [0.717, 1.165) is 22.2 Å². The Bertz CT molecular complexity index is 876. The summed E-state index contributed by atoms with van der Waals surface area (Å²) in [6, 6.07) is 17.7. The Balaban J connectivity index is 2.23. The highest BCUT2D eigenvalue weighted by Crippen LogP contribution is 2.25. The van der Waals surface area contributed by atoms with Crippen LogP contribution in [0.4, 0.5) is 0 Å². The topological polar surface area (TPSA) is 22.0 Å². The van der Waals surface area contributed by atoms with Gasteiger partial charge in [0.05, 0.1) is 5.56 Å². The van der Waals surface area contributed by atoms with Crippen LogP contribution in [0, 0.1) is 11.8 Å². The number of rotatable bonds is 1. The van der Waals surface area contributed by atoms with Gasteiger partial charge in [0.1, 0.15) is 5.69 Å². The second kappa shape index (κ2) is 5.30. The molecule has 1 aromatic heterocycles. The molecule has 21 heavy (non-hydrogen) atoms. The van der Waals surface area contributed by atoms with Crippen LogP contribution in [0.3, 0.4) is 0 Å². The molecule has 0 aliphatic heterocycles. The fourth-order valence-corrected chi connectivity index (χ4v) is 2.55. The third-order valence-electron chi connectivity index (χ3n) is 3.56. The van der Waals surface area contributed by atoms with E-state index in [-0.39, 0.29) is 5.78 Å². The summed E-state index contributed by atoms with van der Waals surface area (Å²) >= 11 is 0. The van der Waals surface area contributed by atoms with Crippen LogP contribution in [0.1, 0.15) is 28.5 Å². The van der Waals surface area contributed by atoms with E-state index in [2.05, 4.69) is 11.8 Å². The lowest BCUT2D eigenvalue weighted by Crippen LogP contribution is -1.98. The van der Waals surface area contributed by atoms with Gasteiger partial charge in [0.2, 0.25) is 0 Å². The lowest BCUT2D eigenvalue weighted by molar-refractivity contribution is 0.101. The first-order valence-electron chi connectivity index (χ1n) is 6.84. The number of benzene rings is 2. The van der Waals surface area contributed by atoms with E-state index in [1.807, 2.05) is 66.2 Å². The summed E-state index contributed by atoms with van der Waals surface area (Å²) in [5, 5.41) is 0.963. The normalized spacial score (nSPS) is 10.2. The highest BCUT2D eigenvalue weighted by molar-refractivity contribution is 6.09. The Kier molecular flexibility index (Phi) is 3.33. The van der Waals surface area contributed by atoms with Crippen molar-refractivity contribution >= 4 is 16.7 Å². The van der Waals surface area contributed by atoms with Crippen LogP contribution >= 0.6 is 0 Å². The minimum Gasteiger partial charge on any atom is -0.337 e. The highest BCUT2D eigenvalue weighted by atomic mass is 16.1. The van der Waals surface area contributed by atoms with Gasteiger partial charge < -0.3 is 4.57 Å². The fraction of sp³-hybridized carbons (Fsp3) is 0.105. The summed E-state index contributed by atoms with van der Waals surface area (Å²) in [7, 11) is 1.95. The van der Waals surface area contributed by atoms with Crippen molar-refractivity contribution in [3.63, 3.8) is 0 Å². The van der Waals surface area contributed by atoms with Crippen molar-refractivity contribution in [2.24, 2.45) is 7.05 Å². The van der Waals surface area contributed by atoms with Crippen LogP contribution in [0.15, 0.2) is 54.6 Å². The maximum atomic E-state index is 12.0. The Morgan fingerprint density at radius 3 is 2.33 bits per heavy atom. The molecule has 2 nitrogen and oxygen atoms in total. The van der Waals surface area contributed by atoms with Crippen LogP contribution in [0.5, 0.6) is 0 Å². The van der Waals surface area contributed by atoms with Crippen LogP contribution in [0.25, 0.3) is 10.9 Å². The molecule has 0 fully saturated rings. The van der Waals surface area contributed by atoms with Gasteiger partial charge >= 0.3 is 0 Å². The van der Waals surface area contributed by atoms with Crippen molar-refractivity contribution in [1.82, 2.24) is 4.57 Å². The number of aryl methyl sites for hydroxylation is 1. The predicted octanol–water partition coefficient (Wildman–Crippen LogP) is 3.78. The van der Waals surface area contributed by atoms with Gasteiger partial charge in [-0.15, -0.1) is 0 Å². The number of carbonyl (C=O) groups is 1. The molecule has 0 saturated heterocycles. The van der Waals surface area contributed by atoms with E-state index in [4.69, 9.17) is 0 Å². The molecule has 2 heteroatoms. The SMILES string of the molecule is CC(=O)c1c(C#Cc2ccccc2)n(C)c2ccccc12. The first-order chi connectivity index (χ1) is 10.2. The Morgan fingerprint density at radius 1 is 0.952 bits per heavy atom. The summed E-state index contributed by atoms with van der Waals surface area (Å²) in [6.45, 7) is 1.59. The summed E-state index contributed by atoms with van der Waals surface area (Å²) in [4.78, 5) is 12.0. The van der Waals surface area contributed by atoms with Gasteiger partial charge in [0, 0.05) is 23.5 Å². The lowest BCUT2D eigenvalue weighted by Gasteiger charge is -1.98. The van der Waals surface area contributed by atoms with Crippen molar-refractivity contribution in [3.05, 3.63) is 71.4 Å². The molecule has 0 saturated carbocycles. The average molecular weight is 273 g/mol. The largest absolute Gasteiger partial charge is 0.337 e. The number of nitrogens with zero attached hydrogens (tertiary/aromatic N) is 1. The standard InChI is InChI=1S/C19H15NO/c1-14(21)19-16-10-6-7-11-17(16)20(2)18(19)13-12-15-8-4-3-5-9-15/h3-11H,1-2H3. The molecular formula is C19H15NO. The number of para-hydroxylation sites is 1. The Labute approximate surface area is 124 Å². The van der Waals surface area contributed by atoms with Gasteiger partial charge in [-0.2, -0.15) is 0 Å². The zero-order valence-corrected chi connectivity index (χ0v) is 12.1. The summed E-state index contributed by atoms with van der Waals surface area (Å²) in [5.74, 6) is 6.34. The quantitative estimate of drug-likeness (QED) is 0.488. The van der Waals surface area contributed by atoms with Crippen molar-refractivity contribution in [2.45, 2.75) is 6.92 Å². The number of Topliss-reactive ketones (excluding diaryl/α,β-unsaturated/α-hetero) is 1. The molecule has 2 aromatic carbocycles. The van der Waals surface area contributed by atoms with Gasteiger partial charge in [0.15, 0.2) is 5.78 Å². The minimum atomic E-state index is 0.0455. The zero-order chi connectivity index (χ0) is 14.8. The molecule has 0 N–H and O–H groups in total. The van der Waals surface area contributed by atoms with Crippen LogP contribution < -0.4 is 0 Å². The maximum Gasteiger partial charge on any atom is 0.163 e. The fourth-order valence-electron chi connectivity index (χ4n) is 2.55. The van der Waals surface area contributed by atoms with E-state index in [9.17, 15) is 4.79 Å². The molecule has 0 radical (unpaired) electrons. The third-order valence-corrected chi connectivity index (χ3v) is 3.56. The average Bonchev–Trinajstić information content (AvgIpc) is 2.79. The van der Waals surface area contributed by atoms with E-state index in [1.54, 1.807) is 6.92 Å². The smallest absolute Gasteiger partial charge is 0.163 e. The number of fused-ring (bicyclic) bond motifs is 1. The predicted molar refractivity (Wildman–Crippen MR) is 85.3 cm³/mol. The highest BCUT2D eigenvalue weighted by Gasteiger charge is 2.16. The van der Waals surface area contributed by atoms with Crippen molar-refractivity contribution < 1.29 is 4.79 Å². The van der Waals surface area contributed by atoms with Crippen LogP contribution in [-0.4, -0.2) is 10.4 Å². The monoisotopic (exact) mass is 273 g/mol. The first-order valence-corrected chi connectivity index (χ1v) is 6.84. The molecule has 0 aliphatic rings. The molecule has 0 atom stereocenters. The number of carbonyl (C=O) groups excluding carboxylic acids is 1. The van der Waals surface area contributed by atoms with Crippen molar-refractivity contribution in [1.29, 1.82) is 0 Å². The molecule has 102 valence electrons. The molecule has 1 heterocycles. The van der Waals surface area contributed by atoms with Crippen molar-refractivity contribution in [3.8, 4) is 11.8 Å². The number of aromatic nitrogens is 1. The van der Waals surface area contributed by atoms with E-state index < -0.39 is 0 Å². The molecular weight excluding hydrogens is 258 g/mol. The maximum absolute atomic E-state index is 12.0. The Hall–Kier alpha value is -2.79. The first kappa shape index (κ1) is 13.2. The van der Waals surface area contributed by atoms with E-state index in [0.29, 0.717) is 5.56 Å². The van der Waals surface area contributed by atoms with Crippen LogP contribution in [0.2, 0.25) is 0 Å². The van der Waals surface area contributed by atoms with E-state index >= 15 is 0 Å². The number of hydrogen-bond acceptors (Lipinski definition) is 1. The van der Waals surface area contributed by atoms with Crippen molar-refractivity contribution in [2.75, 3.05) is 0 Å². The number of ketones is 1. The molecule has 0 bridgehead atoms. The van der Waals surface area contributed by atoms with Gasteiger partial charge in [-0.05, 0) is 31.0 Å². The zero-order valence-electron chi connectivity index (χ0n) is 12.1. The second-order valence-corrected chi connectivity index (χ2v) is 4.97. The molecule has 0 unspecified atom stereocenters. The molecule has 0 amide bonds. The molecule has 3 rings (SSSR count). The molecule has 0 aliphatic carbocycles. The summed E-state index contributed by atoms with van der Waals surface area (Å²) in [6.07, 6.45) is 0. The van der Waals surface area contributed by atoms with Gasteiger partial charge in [-0.1, -0.05) is 42.3 Å².